The van der Waals surface area contributed by atoms with Crippen molar-refractivity contribution < 1.29 is 8.85 Å². The average Bonchev–Trinajstić information content (AvgIpc) is 2.31. The van der Waals surface area contributed by atoms with Gasteiger partial charge >= 0.3 is 9.57 Å². The number of nitrogens with one attached hydrogen (secondary N) is 1. The van der Waals surface area contributed by atoms with E-state index >= 15 is 0 Å². The minimum Gasteiger partial charge on any atom is -0.384 e. The third-order valence-electron chi connectivity index (χ3n) is 1.67. The molecule has 66 valence electrons. The van der Waals surface area contributed by atoms with Crippen LogP contribution in [0, 0.1) is 0 Å². The van der Waals surface area contributed by atoms with Crippen molar-refractivity contribution >= 4 is 15.3 Å². The molecule has 0 aromatic rings. The zero-order chi connectivity index (χ0) is 9.19. The lowest BCUT2D eigenvalue weighted by molar-refractivity contribution is 0.276. The summed E-state index contributed by atoms with van der Waals surface area (Å²) in [6.07, 6.45) is 3.01. The van der Waals surface area contributed by atoms with E-state index in [0.29, 0.717) is 5.71 Å². The first-order valence-electron chi connectivity index (χ1n) is 3.73. The summed E-state index contributed by atoms with van der Waals surface area (Å²) in [6, 6.07) is -0.133. The first-order valence-corrected chi connectivity index (χ1v) is 4.77. The molecule has 1 N–H and O–H groups in total. The van der Waals surface area contributed by atoms with Crippen LogP contribution in [0.25, 0.3) is 0 Å². The Balaban J connectivity index is 2.67. The van der Waals surface area contributed by atoms with Gasteiger partial charge in [0.25, 0.3) is 0 Å². The molecule has 0 fully saturated rings. The second-order valence-electron chi connectivity index (χ2n) is 2.90. The summed E-state index contributed by atoms with van der Waals surface area (Å²) in [5.74, 6) is -1.58. The maximum atomic E-state index is 13.1. The van der Waals surface area contributed by atoms with Crippen LogP contribution in [0.1, 0.15) is 13.8 Å². The smallest absolute Gasteiger partial charge is 0.377 e. The molecule has 0 saturated heterocycles. The first-order chi connectivity index (χ1) is 5.55. The SMILES string of the molecule is C[C@H](N[SiH]=O)C1=NC(C)(F)C=C1. The molecule has 12 heavy (non-hydrogen) atoms. The average molecular weight is 186 g/mol. The van der Waals surface area contributed by atoms with Crippen molar-refractivity contribution in [3.63, 3.8) is 0 Å². The second-order valence-corrected chi connectivity index (χ2v) is 3.47. The van der Waals surface area contributed by atoms with Gasteiger partial charge in [0, 0.05) is 0 Å². The zero-order valence-electron chi connectivity index (χ0n) is 7.04. The molecule has 0 saturated carbocycles. The number of hydrogen-bond acceptors (Lipinski definition) is 2. The van der Waals surface area contributed by atoms with Crippen LogP contribution in [-0.2, 0) is 4.46 Å². The predicted molar refractivity (Wildman–Crippen MR) is 46.5 cm³/mol. The van der Waals surface area contributed by atoms with Gasteiger partial charge in [0.15, 0.2) is 0 Å². The van der Waals surface area contributed by atoms with Crippen LogP contribution in [-0.4, -0.2) is 27.1 Å². The van der Waals surface area contributed by atoms with Crippen molar-refractivity contribution in [2.75, 3.05) is 0 Å². The number of hydrogen-bond donors (Lipinski definition) is 1. The number of nitrogens with zero attached hydrogens (tertiary/aromatic N) is 1. The molecule has 1 unspecified atom stereocenters. The Hall–Kier alpha value is -0.843. The minimum absolute atomic E-state index is 0.133. The van der Waals surface area contributed by atoms with Gasteiger partial charge in [-0.1, -0.05) is 0 Å². The fourth-order valence-corrected chi connectivity index (χ4v) is 1.37. The van der Waals surface area contributed by atoms with Crippen LogP contribution in [0.4, 0.5) is 4.39 Å². The van der Waals surface area contributed by atoms with Crippen molar-refractivity contribution in [1.29, 1.82) is 0 Å². The van der Waals surface area contributed by atoms with Gasteiger partial charge in [-0.25, -0.2) is 9.38 Å². The first kappa shape index (κ1) is 9.25. The molecule has 1 aliphatic heterocycles. The Morgan fingerprint density at radius 3 is 2.92 bits per heavy atom. The van der Waals surface area contributed by atoms with Crippen LogP contribution in [0.2, 0.25) is 0 Å². The topological polar surface area (TPSA) is 41.5 Å². The largest absolute Gasteiger partial charge is 0.384 e. The zero-order valence-corrected chi connectivity index (χ0v) is 8.20. The number of alkyl halides is 1. The van der Waals surface area contributed by atoms with Crippen molar-refractivity contribution in [1.82, 2.24) is 4.98 Å². The molecule has 0 radical (unpaired) electrons. The second kappa shape index (κ2) is 3.26. The van der Waals surface area contributed by atoms with Crippen molar-refractivity contribution in [2.45, 2.75) is 25.7 Å². The van der Waals surface area contributed by atoms with E-state index in [9.17, 15) is 8.85 Å². The van der Waals surface area contributed by atoms with Gasteiger partial charge in [-0.15, -0.1) is 0 Å². The summed E-state index contributed by atoms with van der Waals surface area (Å²) in [5.41, 5.74) is 0.614. The molecular formula is C7H11FN2OSi. The molecular weight excluding hydrogens is 175 g/mol. The summed E-state index contributed by atoms with van der Waals surface area (Å²) in [7, 11) is -1.02. The van der Waals surface area contributed by atoms with Crippen LogP contribution in [0.3, 0.4) is 0 Å². The van der Waals surface area contributed by atoms with E-state index in [1.54, 1.807) is 13.0 Å². The molecule has 0 amide bonds. The highest BCUT2D eigenvalue weighted by Crippen LogP contribution is 2.20. The number of rotatable bonds is 3. The highest BCUT2D eigenvalue weighted by molar-refractivity contribution is 6.16. The molecule has 0 aromatic carbocycles. The molecule has 5 heteroatoms. The van der Waals surface area contributed by atoms with Gasteiger partial charge in [-0.3, -0.25) is 0 Å². The molecule has 0 aromatic heterocycles. The van der Waals surface area contributed by atoms with Crippen molar-refractivity contribution in [2.24, 2.45) is 4.99 Å². The Kier molecular flexibility index (Phi) is 2.51. The maximum Gasteiger partial charge on any atom is 0.377 e. The van der Waals surface area contributed by atoms with Gasteiger partial charge in [0.05, 0.1) is 11.8 Å². The third kappa shape index (κ3) is 2.07. The normalized spacial score (nSPS) is 29.8. The number of aliphatic imine (C=N–C) groups is 1. The van der Waals surface area contributed by atoms with E-state index in [2.05, 4.69) is 9.97 Å². The van der Waals surface area contributed by atoms with E-state index in [0.717, 1.165) is 0 Å². The Labute approximate surface area is 72.7 Å². The van der Waals surface area contributed by atoms with E-state index in [1.807, 2.05) is 0 Å². The fraction of sp³-hybridized carbons (Fsp3) is 0.571. The summed E-state index contributed by atoms with van der Waals surface area (Å²) >= 11 is 0. The Morgan fingerprint density at radius 2 is 2.50 bits per heavy atom. The highest BCUT2D eigenvalue weighted by atomic mass is 28.2. The quantitative estimate of drug-likeness (QED) is 0.510. The van der Waals surface area contributed by atoms with Crippen molar-refractivity contribution in [3.8, 4) is 0 Å². The van der Waals surface area contributed by atoms with Gasteiger partial charge in [0.2, 0.25) is 5.79 Å². The van der Waals surface area contributed by atoms with Gasteiger partial charge in [-0.05, 0) is 26.0 Å². The lowest BCUT2D eigenvalue weighted by atomic mass is 10.2. The fourth-order valence-electron chi connectivity index (χ4n) is 0.993. The Morgan fingerprint density at radius 1 is 1.83 bits per heavy atom. The summed E-state index contributed by atoms with van der Waals surface area (Å²) in [6.45, 7) is 3.18. The maximum absolute atomic E-state index is 13.1. The molecule has 1 aliphatic rings. The summed E-state index contributed by atoms with van der Waals surface area (Å²) < 4.78 is 23.3. The van der Waals surface area contributed by atoms with E-state index in [-0.39, 0.29) is 6.04 Å². The van der Waals surface area contributed by atoms with Gasteiger partial charge < -0.3 is 9.44 Å². The minimum atomic E-state index is -1.58. The predicted octanol–water partition coefficient (Wildman–Crippen LogP) is 0.358. The molecule has 0 aliphatic carbocycles. The molecule has 1 heterocycles. The van der Waals surface area contributed by atoms with E-state index in [1.165, 1.54) is 13.0 Å². The van der Waals surface area contributed by atoms with E-state index < -0.39 is 15.4 Å². The van der Waals surface area contributed by atoms with Crippen LogP contribution in [0.5, 0.6) is 0 Å². The number of halogens is 1. The summed E-state index contributed by atoms with van der Waals surface area (Å²) in [4.78, 5) is 6.49. The van der Waals surface area contributed by atoms with Crippen LogP contribution >= 0.6 is 0 Å². The highest BCUT2D eigenvalue weighted by Gasteiger charge is 2.24. The molecule has 0 spiro atoms. The van der Waals surface area contributed by atoms with Gasteiger partial charge in [-0.2, -0.15) is 0 Å². The molecule has 0 bridgehead atoms. The van der Waals surface area contributed by atoms with Gasteiger partial charge in [0.1, 0.15) is 0 Å². The lowest BCUT2D eigenvalue weighted by Crippen LogP contribution is -2.32. The monoisotopic (exact) mass is 186 g/mol. The Bertz CT molecular complexity index is 250. The van der Waals surface area contributed by atoms with E-state index in [4.69, 9.17) is 0 Å². The van der Waals surface area contributed by atoms with Crippen molar-refractivity contribution in [3.05, 3.63) is 12.2 Å². The molecule has 1 rings (SSSR count). The van der Waals surface area contributed by atoms with Crippen LogP contribution < -0.4 is 4.98 Å². The lowest BCUT2D eigenvalue weighted by Gasteiger charge is -2.09. The standard InChI is InChI=1S/C7H11FN2OSi/c1-5(10-12-11)6-3-4-7(2,8)9-6/h3-5,10,12H,1-2H3/t5-,7?/m0/s1. The summed E-state index contributed by atoms with van der Waals surface area (Å²) in [5, 5.41) is 0. The molecule has 3 nitrogen and oxygen atoms in total. The van der Waals surface area contributed by atoms with Crippen LogP contribution in [0.15, 0.2) is 17.1 Å². The molecule has 2 atom stereocenters. The third-order valence-corrected chi connectivity index (χ3v) is 2.30.